The van der Waals surface area contributed by atoms with E-state index in [4.69, 9.17) is 0 Å². The van der Waals surface area contributed by atoms with Crippen molar-refractivity contribution in [1.82, 2.24) is 4.90 Å². The monoisotopic (exact) mass is 338 g/mol. The largest absolute Gasteiger partial charge is 0.392 e. The van der Waals surface area contributed by atoms with Crippen molar-refractivity contribution in [2.45, 2.75) is 38.3 Å². The molecule has 4 heteroatoms. The van der Waals surface area contributed by atoms with E-state index in [1.807, 2.05) is 6.07 Å². The van der Waals surface area contributed by atoms with Crippen LogP contribution >= 0.6 is 15.9 Å². The lowest BCUT2D eigenvalue weighted by Crippen LogP contribution is -2.40. The maximum absolute atomic E-state index is 9.56. The summed E-state index contributed by atoms with van der Waals surface area (Å²) in [4.78, 5) is 5.11. The first-order valence-corrected chi connectivity index (χ1v) is 8.45. The molecule has 1 N–H and O–H groups in total. The third-order valence-corrected chi connectivity index (χ3v) is 5.12. The molecule has 2 aliphatic heterocycles. The SMILES string of the molecule is OCc1cc(Br)ccc1N1CCC(N2CCCCC2)C1. The quantitative estimate of drug-likeness (QED) is 0.917. The summed E-state index contributed by atoms with van der Waals surface area (Å²) in [6.07, 6.45) is 5.36. The second kappa shape index (κ2) is 6.46. The molecule has 3 rings (SSSR count). The molecule has 1 aromatic carbocycles. The molecule has 2 heterocycles. The van der Waals surface area contributed by atoms with E-state index in [9.17, 15) is 5.11 Å². The van der Waals surface area contributed by atoms with Crippen molar-refractivity contribution in [1.29, 1.82) is 0 Å². The number of benzene rings is 1. The Morgan fingerprint density at radius 2 is 1.95 bits per heavy atom. The van der Waals surface area contributed by atoms with E-state index in [1.54, 1.807) is 0 Å². The molecule has 1 unspecified atom stereocenters. The minimum Gasteiger partial charge on any atom is -0.392 e. The fourth-order valence-corrected chi connectivity index (χ4v) is 3.94. The van der Waals surface area contributed by atoms with Gasteiger partial charge in [0.2, 0.25) is 0 Å². The van der Waals surface area contributed by atoms with E-state index in [-0.39, 0.29) is 6.61 Å². The summed E-state index contributed by atoms with van der Waals surface area (Å²) in [6.45, 7) is 4.86. The number of nitrogens with zero attached hydrogens (tertiary/aromatic N) is 2. The zero-order valence-corrected chi connectivity index (χ0v) is 13.5. The minimum atomic E-state index is 0.111. The molecule has 0 bridgehead atoms. The molecule has 0 amide bonds. The summed E-state index contributed by atoms with van der Waals surface area (Å²) in [5.74, 6) is 0. The zero-order valence-electron chi connectivity index (χ0n) is 11.9. The molecule has 20 heavy (non-hydrogen) atoms. The van der Waals surface area contributed by atoms with Gasteiger partial charge in [-0.2, -0.15) is 0 Å². The predicted octanol–water partition coefficient (Wildman–Crippen LogP) is 3.01. The highest BCUT2D eigenvalue weighted by atomic mass is 79.9. The van der Waals surface area contributed by atoms with Gasteiger partial charge in [0.25, 0.3) is 0 Å². The van der Waals surface area contributed by atoms with Crippen LogP contribution in [0.15, 0.2) is 22.7 Å². The Morgan fingerprint density at radius 1 is 1.15 bits per heavy atom. The van der Waals surface area contributed by atoms with Crippen LogP contribution in [0.3, 0.4) is 0 Å². The molecule has 3 nitrogen and oxygen atoms in total. The molecule has 0 radical (unpaired) electrons. The molecule has 2 fully saturated rings. The third-order valence-electron chi connectivity index (χ3n) is 4.62. The van der Waals surface area contributed by atoms with E-state index < -0.39 is 0 Å². The molecule has 0 aliphatic carbocycles. The Morgan fingerprint density at radius 3 is 2.70 bits per heavy atom. The lowest BCUT2D eigenvalue weighted by Gasteiger charge is -2.32. The smallest absolute Gasteiger partial charge is 0.0702 e. The standard InChI is InChI=1S/C16H23BrN2O/c17-14-4-5-16(13(10-14)12-20)19-9-6-15(11-19)18-7-2-1-3-8-18/h4-5,10,15,20H,1-3,6-9,11-12H2. The summed E-state index contributed by atoms with van der Waals surface area (Å²) in [5.41, 5.74) is 2.23. The second-order valence-corrected chi connectivity index (χ2v) is 6.83. The van der Waals surface area contributed by atoms with Gasteiger partial charge in [-0.15, -0.1) is 0 Å². The molecule has 2 aliphatic rings. The summed E-state index contributed by atoms with van der Waals surface area (Å²) in [7, 11) is 0. The van der Waals surface area contributed by atoms with E-state index in [0.717, 1.165) is 23.1 Å². The minimum absolute atomic E-state index is 0.111. The van der Waals surface area contributed by atoms with Crippen LogP contribution in [0.25, 0.3) is 0 Å². The van der Waals surface area contributed by atoms with Crippen LogP contribution in [0.1, 0.15) is 31.2 Å². The van der Waals surface area contributed by atoms with Gasteiger partial charge >= 0.3 is 0 Å². The average molecular weight is 339 g/mol. The first-order valence-electron chi connectivity index (χ1n) is 7.66. The van der Waals surface area contributed by atoms with Crippen molar-refractivity contribution in [2.75, 3.05) is 31.1 Å². The van der Waals surface area contributed by atoms with Crippen LogP contribution in [-0.2, 0) is 6.61 Å². The summed E-state index contributed by atoms with van der Waals surface area (Å²) in [6, 6.07) is 6.94. The van der Waals surface area contributed by atoms with E-state index in [0.29, 0.717) is 6.04 Å². The van der Waals surface area contributed by atoms with Crippen molar-refractivity contribution in [3.8, 4) is 0 Å². The number of aliphatic hydroxyl groups excluding tert-OH is 1. The number of anilines is 1. The fraction of sp³-hybridized carbons (Fsp3) is 0.625. The van der Waals surface area contributed by atoms with Crippen molar-refractivity contribution in [2.24, 2.45) is 0 Å². The first kappa shape index (κ1) is 14.4. The van der Waals surface area contributed by atoms with Crippen molar-refractivity contribution >= 4 is 21.6 Å². The van der Waals surface area contributed by atoms with E-state index in [1.165, 1.54) is 44.5 Å². The van der Waals surface area contributed by atoms with Crippen molar-refractivity contribution in [3.63, 3.8) is 0 Å². The van der Waals surface area contributed by atoms with Crippen LogP contribution in [0.5, 0.6) is 0 Å². The maximum Gasteiger partial charge on any atom is 0.0702 e. The Labute approximate surface area is 129 Å². The van der Waals surface area contributed by atoms with Gasteiger partial charge in [-0.25, -0.2) is 0 Å². The molecule has 2 saturated heterocycles. The summed E-state index contributed by atoms with van der Waals surface area (Å²) >= 11 is 3.48. The maximum atomic E-state index is 9.56. The molecule has 1 atom stereocenters. The van der Waals surface area contributed by atoms with Crippen LogP contribution in [-0.4, -0.2) is 42.2 Å². The first-order chi connectivity index (χ1) is 9.78. The fourth-order valence-electron chi connectivity index (χ4n) is 3.53. The number of hydrogen-bond acceptors (Lipinski definition) is 3. The highest BCUT2D eigenvalue weighted by molar-refractivity contribution is 9.10. The van der Waals surface area contributed by atoms with Gasteiger partial charge in [0.1, 0.15) is 0 Å². The van der Waals surface area contributed by atoms with Gasteiger partial charge in [-0.1, -0.05) is 22.4 Å². The van der Waals surface area contributed by atoms with Gasteiger partial charge in [0, 0.05) is 34.9 Å². The van der Waals surface area contributed by atoms with Gasteiger partial charge < -0.3 is 10.0 Å². The topological polar surface area (TPSA) is 26.7 Å². The van der Waals surface area contributed by atoms with E-state index >= 15 is 0 Å². The van der Waals surface area contributed by atoms with Gasteiger partial charge in [0.15, 0.2) is 0 Å². The molecule has 0 spiro atoms. The normalized spacial score (nSPS) is 24.3. The van der Waals surface area contributed by atoms with Crippen molar-refractivity contribution < 1.29 is 5.11 Å². The number of rotatable bonds is 3. The van der Waals surface area contributed by atoms with E-state index in [2.05, 4.69) is 37.9 Å². The number of halogens is 1. The van der Waals surface area contributed by atoms with Crippen LogP contribution in [0, 0.1) is 0 Å². The number of piperidine rings is 1. The Balaban J connectivity index is 1.70. The Kier molecular flexibility index (Phi) is 4.64. The highest BCUT2D eigenvalue weighted by Gasteiger charge is 2.29. The third kappa shape index (κ3) is 3.02. The molecule has 110 valence electrons. The van der Waals surface area contributed by atoms with Crippen LogP contribution in [0.2, 0.25) is 0 Å². The van der Waals surface area contributed by atoms with Crippen LogP contribution in [0.4, 0.5) is 5.69 Å². The summed E-state index contributed by atoms with van der Waals surface area (Å²) < 4.78 is 1.04. The Bertz CT molecular complexity index is 460. The lowest BCUT2D eigenvalue weighted by atomic mass is 10.1. The number of aliphatic hydroxyl groups is 1. The second-order valence-electron chi connectivity index (χ2n) is 5.92. The zero-order chi connectivity index (χ0) is 13.9. The van der Waals surface area contributed by atoms with Gasteiger partial charge in [0.05, 0.1) is 6.61 Å². The lowest BCUT2D eigenvalue weighted by molar-refractivity contribution is 0.175. The van der Waals surface area contributed by atoms with Gasteiger partial charge in [-0.3, -0.25) is 4.90 Å². The molecule has 0 saturated carbocycles. The van der Waals surface area contributed by atoms with Crippen LogP contribution < -0.4 is 4.90 Å². The number of hydrogen-bond donors (Lipinski definition) is 1. The Hall–Kier alpha value is -0.580. The molecular weight excluding hydrogens is 316 g/mol. The average Bonchev–Trinajstić information content (AvgIpc) is 2.97. The van der Waals surface area contributed by atoms with Gasteiger partial charge in [-0.05, 0) is 50.6 Å². The van der Waals surface area contributed by atoms with Crippen molar-refractivity contribution in [3.05, 3.63) is 28.2 Å². The molecule has 1 aromatic rings. The molecule has 0 aromatic heterocycles. The predicted molar refractivity (Wildman–Crippen MR) is 86.1 cm³/mol. The molecular formula is C16H23BrN2O. The highest BCUT2D eigenvalue weighted by Crippen LogP contribution is 2.29. The number of likely N-dealkylation sites (tertiary alicyclic amines) is 1. The summed E-state index contributed by atoms with van der Waals surface area (Å²) in [5, 5.41) is 9.56.